The van der Waals surface area contributed by atoms with Gasteiger partial charge in [0.05, 0.1) is 22.7 Å². The number of amides is 1. The Morgan fingerprint density at radius 3 is 2.47 bits per heavy atom. The van der Waals surface area contributed by atoms with Crippen LogP contribution in [0.5, 0.6) is 0 Å². The first-order valence-corrected chi connectivity index (χ1v) is 14.4. The fraction of sp³-hybridized carbons (Fsp3) is 0.370. The van der Waals surface area contributed by atoms with Crippen LogP contribution in [0.2, 0.25) is 0 Å². The number of likely N-dealkylation sites (N-methyl/N-ethyl adjacent to an activating group) is 1. The van der Waals surface area contributed by atoms with E-state index in [2.05, 4.69) is 27.7 Å². The number of fused-ring (bicyclic) bond motifs is 3. The number of piperazine rings is 1. The lowest BCUT2D eigenvalue weighted by Gasteiger charge is -2.34. The summed E-state index contributed by atoms with van der Waals surface area (Å²) in [6.45, 7) is 5.27. The Hall–Kier alpha value is -3.38. The Labute approximate surface area is 223 Å². The molecule has 5 rings (SSSR count). The summed E-state index contributed by atoms with van der Waals surface area (Å²) in [5.41, 5.74) is 7.17. The van der Waals surface area contributed by atoms with Gasteiger partial charge in [0.15, 0.2) is 0 Å². The molecule has 1 aromatic heterocycles. The molecular weight excluding hydrogens is 502 g/mol. The van der Waals surface area contributed by atoms with E-state index in [1.165, 1.54) is 0 Å². The molecule has 1 saturated heterocycles. The van der Waals surface area contributed by atoms with Gasteiger partial charge in [-0.3, -0.25) is 10.2 Å². The summed E-state index contributed by atoms with van der Waals surface area (Å²) in [7, 11) is -1.81. The molecule has 0 saturated carbocycles. The van der Waals surface area contributed by atoms with Crippen LogP contribution < -0.4 is 15.6 Å². The molecule has 0 unspecified atom stereocenters. The first-order chi connectivity index (χ1) is 18.4. The Balaban J connectivity index is 1.29. The van der Waals surface area contributed by atoms with E-state index in [1.54, 1.807) is 46.7 Å². The van der Waals surface area contributed by atoms with Gasteiger partial charge in [-0.15, -0.1) is 0 Å². The Morgan fingerprint density at radius 1 is 1.00 bits per heavy atom. The van der Waals surface area contributed by atoms with Gasteiger partial charge in [0.25, 0.3) is 0 Å². The van der Waals surface area contributed by atoms with Crippen molar-refractivity contribution < 1.29 is 13.2 Å². The largest absolute Gasteiger partial charge is 0.324 e. The predicted octanol–water partition coefficient (Wildman–Crippen LogP) is 3.02. The van der Waals surface area contributed by atoms with E-state index in [1.807, 2.05) is 24.3 Å². The first-order valence-electron chi connectivity index (χ1n) is 12.9. The van der Waals surface area contributed by atoms with Crippen molar-refractivity contribution in [2.24, 2.45) is 0 Å². The molecule has 10 nitrogen and oxygen atoms in total. The van der Waals surface area contributed by atoms with Gasteiger partial charge in [0, 0.05) is 62.8 Å². The molecule has 2 N–H and O–H groups in total. The lowest BCUT2D eigenvalue weighted by molar-refractivity contribution is -0.117. The van der Waals surface area contributed by atoms with Gasteiger partial charge in [0.1, 0.15) is 0 Å². The molecule has 200 valence electrons. The van der Waals surface area contributed by atoms with Gasteiger partial charge >= 0.3 is 0 Å². The molecule has 0 bridgehead atoms. The molecule has 0 aliphatic carbocycles. The predicted molar refractivity (Wildman–Crippen MR) is 148 cm³/mol. The zero-order valence-corrected chi connectivity index (χ0v) is 22.5. The molecule has 3 aromatic rings. The van der Waals surface area contributed by atoms with Crippen molar-refractivity contribution in [1.29, 1.82) is 0 Å². The highest BCUT2D eigenvalue weighted by Gasteiger charge is 2.28. The maximum Gasteiger partial charge on any atom is 0.243 e. The molecule has 1 fully saturated rings. The number of nitrogens with zero attached hydrogens (tertiary/aromatic N) is 5. The molecule has 0 spiro atoms. The normalized spacial score (nSPS) is 16.6. The number of hydrogen-bond acceptors (Lipinski definition) is 8. The molecule has 2 aliphatic rings. The monoisotopic (exact) mass is 535 g/mol. The van der Waals surface area contributed by atoms with Crippen LogP contribution in [0.25, 0.3) is 11.3 Å². The fourth-order valence-corrected chi connectivity index (χ4v) is 6.12. The third kappa shape index (κ3) is 5.41. The Kier molecular flexibility index (Phi) is 7.70. The van der Waals surface area contributed by atoms with Crippen molar-refractivity contribution in [1.82, 2.24) is 24.7 Å². The van der Waals surface area contributed by atoms with Crippen molar-refractivity contribution in [2.75, 3.05) is 50.0 Å². The molecule has 3 heterocycles. The van der Waals surface area contributed by atoms with Gasteiger partial charge in [0.2, 0.25) is 21.9 Å². The molecule has 38 heavy (non-hydrogen) atoms. The van der Waals surface area contributed by atoms with E-state index < -0.39 is 10.0 Å². The fourth-order valence-electron chi connectivity index (χ4n) is 4.70. The number of sulfonamides is 1. The highest BCUT2D eigenvalue weighted by atomic mass is 32.2. The van der Waals surface area contributed by atoms with Gasteiger partial charge in [-0.05, 0) is 36.8 Å². The van der Waals surface area contributed by atoms with Crippen LogP contribution in [-0.4, -0.2) is 73.4 Å². The van der Waals surface area contributed by atoms with E-state index in [-0.39, 0.29) is 17.2 Å². The summed E-state index contributed by atoms with van der Waals surface area (Å²) in [6, 6.07) is 14.3. The number of unbranched alkanes of at least 4 members (excludes halogenated alkanes) is 1. The maximum atomic E-state index is 13.2. The second kappa shape index (κ2) is 11.2. The number of carbonyl (C=O) groups excluding carboxylic acids is 1. The smallest absolute Gasteiger partial charge is 0.243 e. The molecule has 11 heteroatoms. The summed E-state index contributed by atoms with van der Waals surface area (Å²) in [5.74, 6) is 0.351. The van der Waals surface area contributed by atoms with Gasteiger partial charge in [-0.25, -0.2) is 23.4 Å². The second-order valence-corrected chi connectivity index (χ2v) is 11.5. The van der Waals surface area contributed by atoms with E-state index in [0.29, 0.717) is 43.5 Å². The summed E-state index contributed by atoms with van der Waals surface area (Å²) in [4.78, 5) is 23.6. The maximum absolute atomic E-state index is 13.2. The molecule has 1 amide bonds. The number of hydrazine groups is 1. The molecule has 0 radical (unpaired) electrons. The van der Waals surface area contributed by atoms with Crippen LogP contribution in [-0.2, 0) is 21.2 Å². The molecule has 0 atom stereocenters. The lowest BCUT2D eigenvalue weighted by atomic mass is 10.1. The van der Waals surface area contributed by atoms with Crippen molar-refractivity contribution >= 4 is 33.3 Å². The number of anilines is 3. The number of rotatable bonds is 8. The molecular formula is C27H33N7O3S. The van der Waals surface area contributed by atoms with Crippen LogP contribution in [0.4, 0.5) is 17.3 Å². The van der Waals surface area contributed by atoms with Gasteiger partial charge in [-0.1, -0.05) is 31.5 Å². The Bertz CT molecular complexity index is 1400. The number of para-hydroxylation sites is 1. The van der Waals surface area contributed by atoms with Crippen molar-refractivity contribution in [3.05, 3.63) is 60.3 Å². The van der Waals surface area contributed by atoms with Gasteiger partial charge < -0.3 is 10.2 Å². The Morgan fingerprint density at radius 2 is 1.74 bits per heavy atom. The van der Waals surface area contributed by atoms with Crippen LogP contribution in [0.1, 0.15) is 25.3 Å². The third-order valence-electron chi connectivity index (χ3n) is 6.95. The molecule has 2 aromatic carbocycles. The standard InChI is InChI=1S/C27H33N7O3S/c1-3-4-13-29-33-14-16-34(17-15-33)38(36,37)22-11-9-21(10-12-22)30-27-28-19-20-18-25(35)32(2)24-8-6-5-7-23(24)26(20)31-27/h5-12,19,29H,3-4,13-18H2,1-2H3,(H,28,30,31). The van der Waals surface area contributed by atoms with Crippen LogP contribution >= 0.6 is 0 Å². The quantitative estimate of drug-likeness (QED) is 0.424. The van der Waals surface area contributed by atoms with Crippen LogP contribution in [0.15, 0.2) is 59.6 Å². The zero-order valence-electron chi connectivity index (χ0n) is 21.7. The number of benzene rings is 2. The summed E-state index contributed by atoms with van der Waals surface area (Å²) >= 11 is 0. The van der Waals surface area contributed by atoms with Gasteiger partial charge in [-0.2, -0.15) is 4.31 Å². The zero-order chi connectivity index (χ0) is 26.7. The van der Waals surface area contributed by atoms with Crippen molar-refractivity contribution in [3.63, 3.8) is 0 Å². The average molecular weight is 536 g/mol. The minimum atomic E-state index is -3.58. The number of hydrogen-bond donors (Lipinski definition) is 2. The van der Waals surface area contributed by atoms with E-state index in [0.717, 1.165) is 36.2 Å². The van der Waals surface area contributed by atoms with Crippen molar-refractivity contribution in [3.8, 4) is 11.3 Å². The molecule has 2 aliphatic heterocycles. The summed E-state index contributed by atoms with van der Waals surface area (Å²) in [5, 5.41) is 5.27. The number of carbonyl (C=O) groups is 1. The van der Waals surface area contributed by atoms with Crippen LogP contribution in [0.3, 0.4) is 0 Å². The number of aromatic nitrogens is 2. The minimum Gasteiger partial charge on any atom is -0.324 e. The average Bonchev–Trinajstić information content (AvgIpc) is 3.04. The lowest BCUT2D eigenvalue weighted by Crippen LogP contribution is -2.53. The topological polar surface area (TPSA) is 111 Å². The van der Waals surface area contributed by atoms with Crippen LogP contribution in [0, 0.1) is 0 Å². The summed E-state index contributed by atoms with van der Waals surface area (Å²) < 4.78 is 27.9. The number of nitrogens with one attached hydrogen (secondary N) is 2. The van der Waals surface area contributed by atoms with E-state index >= 15 is 0 Å². The first kappa shape index (κ1) is 26.2. The highest BCUT2D eigenvalue weighted by Crippen LogP contribution is 2.35. The minimum absolute atomic E-state index is 0.0218. The van der Waals surface area contributed by atoms with E-state index in [4.69, 9.17) is 4.98 Å². The highest BCUT2D eigenvalue weighted by molar-refractivity contribution is 7.89. The van der Waals surface area contributed by atoms with E-state index in [9.17, 15) is 13.2 Å². The summed E-state index contributed by atoms with van der Waals surface area (Å²) in [6.07, 6.45) is 4.11. The SMILES string of the molecule is CCCCNN1CCN(S(=O)(=O)c2ccc(Nc3ncc4c(n3)-c3ccccc3N(C)C(=O)C4)cc2)CC1. The van der Waals surface area contributed by atoms with Crippen molar-refractivity contribution in [2.45, 2.75) is 31.1 Å². The third-order valence-corrected chi connectivity index (χ3v) is 8.87. The second-order valence-electron chi connectivity index (χ2n) is 9.52.